The van der Waals surface area contributed by atoms with Crippen LogP contribution >= 0.6 is 0 Å². The molecule has 0 bridgehead atoms. The maximum Gasteiger partial charge on any atom is 0.328 e. The molecule has 2 rings (SSSR count). The third-order valence-electron chi connectivity index (χ3n) is 7.03. The third-order valence-corrected chi connectivity index (χ3v) is 7.03. The van der Waals surface area contributed by atoms with Crippen LogP contribution < -0.4 is 10.1 Å². The van der Waals surface area contributed by atoms with E-state index in [9.17, 15) is 24.5 Å². The van der Waals surface area contributed by atoms with Crippen LogP contribution in [-0.4, -0.2) is 36.2 Å². The van der Waals surface area contributed by atoms with Crippen LogP contribution in [0.5, 0.6) is 5.75 Å². The molecule has 0 amide bonds. The number of nitrogens with one attached hydrogen (secondary N) is 1. The van der Waals surface area contributed by atoms with Crippen molar-refractivity contribution in [2.75, 3.05) is 7.05 Å². The van der Waals surface area contributed by atoms with E-state index >= 15 is 0 Å². The molecule has 238 valence electrons. The van der Waals surface area contributed by atoms with Crippen LogP contribution in [-0.2, 0) is 25.8 Å². The summed E-state index contributed by atoms with van der Waals surface area (Å²) in [5, 5.41) is 11.9. The molecule has 1 aliphatic carbocycles. The van der Waals surface area contributed by atoms with Gasteiger partial charge in [0.25, 0.3) is 5.09 Å². The van der Waals surface area contributed by atoms with Crippen LogP contribution in [0, 0.1) is 16.0 Å². The van der Waals surface area contributed by atoms with Crippen molar-refractivity contribution in [3.63, 3.8) is 0 Å². The number of benzene rings is 1. The van der Waals surface area contributed by atoms with Crippen molar-refractivity contribution in [1.82, 2.24) is 5.32 Å². The fraction of sp³-hybridized carbons (Fsp3) is 0.667. The highest BCUT2D eigenvalue weighted by Gasteiger charge is 2.16. The molecular weight excluding hydrogens is 536 g/mol. The summed E-state index contributed by atoms with van der Waals surface area (Å²) in [6, 6.07) is 5.96. The lowest BCUT2D eigenvalue weighted by Crippen LogP contribution is -2.34. The molecule has 1 N–H and O–H groups in total. The van der Waals surface area contributed by atoms with Gasteiger partial charge in [-0.3, -0.25) is 4.79 Å². The fourth-order valence-electron chi connectivity index (χ4n) is 4.35. The number of Topliss-reactive ketones (excluding diaryl/α,β-unsaturated/α-hetero) is 1. The van der Waals surface area contributed by atoms with Gasteiger partial charge in [-0.1, -0.05) is 82.6 Å². The summed E-state index contributed by atoms with van der Waals surface area (Å²) in [5.74, 6) is 1.30. The average Bonchev–Trinajstić information content (AvgIpc) is 3.51. The molecule has 1 aromatic rings. The van der Waals surface area contributed by atoms with Crippen molar-refractivity contribution >= 4 is 18.0 Å². The second kappa shape index (κ2) is 26.8. The highest BCUT2D eigenvalue weighted by Crippen LogP contribution is 2.28. The zero-order valence-electron chi connectivity index (χ0n) is 26.3. The molecule has 0 saturated heterocycles. The number of ether oxygens (including phenoxy) is 1. The normalized spacial score (nSPS) is 13.3. The van der Waals surface area contributed by atoms with Crippen molar-refractivity contribution < 1.29 is 29.0 Å². The summed E-state index contributed by atoms with van der Waals surface area (Å²) in [6.45, 7) is 5.70. The van der Waals surface area contributed by atoms with Gasteiger partial charge in [-0.2, -0.15) is 0 Å². The summed E-state index contributed by atoms with van der Waals surface area (Å²) in [7, 11) is 1.65. The van der Waals surface area contributed by atoms with E-state index in [4.69, 9.17) is 4.74 Å². The first-order valence-electron chi connectivity index (χ1n) is 15.6. The Hall–Kier alpha value is -3.07. The Balaban J connectivity index is 0.000000644. The highest BCUT2D eigenvalue weighted by molar-refractivity contribution is 5.78. The van der Waals surface area contributed by atoms with Crippen molar-refractivity contribution in [3.05, 3.63) is 52.1 Å². The van der Waals surface area contributed by atoms with E-state index in [1.165, 1.54) is 63.9 Å². The van der Waals surface area contributed by atoms with Crippen LogP contribution in [0.15, 0.2) is 36.4 Å². The quantitative estimate of drug-likeness (QED) is 0.0330. The van der Waals surface area contributed by atoms with Gasteiger partial charge in [-0.05, 0) is 70.2 Å². The first kappa shape index (κ1) is 38.9. The molecule has 1 fully saturated rings. The molecule has 9 nitrogen and oxygen atoms in total. The smallest absolute Gasteiger partial charge is 0.328 e. The van der Waals surface area contributed by atoms with Gasteiger partial charge in [0.1, 0.15) is 30.5 Å². The lowest BCUT2D eigenvalue weighted by atomic mass is 9.98. The maximum atomic E-state index is 11.6. The molecular formula is C33H54N2O7. The van der Waals surface area contributed by atoms with Gasteiger partial charge >= 0.3 is 5.97 Å². The number of likely N-dealkylation sites (N-methyl/N-ethyl adjacent to an activating group) is 1. The number of carbonyl (C=O) groups is 3. The predicted octanol–water partition coefficient (Wildman–Crippen LogP) is 7.73. The van der Waals surface area contributed by atoms with E-state index < -0.39 is 17.1 Å². The van der Waals surface area contributed by atoms with E-state index in [0.717, 1.165) is 44.3 Å². The minimum Gasteiger partial charge on any atom is -0.425 e. The van der Waals surface area contributed by atoms with Gasteiger partial charge in [-0.15, -0.1) is 10.1 Å². The molecule has 1 atom stereocenters. The second-order valence-corrected chi connectivity index (χ2v) is 10.6. The Kier molecular flexibility index (Phi) is 24.8. The zero-order valence-corrected chi connectivity index (χ0v) is 26.3. The number of rotatable bonds is 19. The van der Waals surface area contributed by atoms with Gasteiger partial charge in [0, 0.05) is 19.3 Å². The zero-order chi connectivity index (χ0) is 31.4. The first-order chi connectivity index (χ1) is 20.3. The molecule has 0 aromatic heterocycles. The number of esters is 1. The lowest BCUT2D eigenvalue weighted by molar-refractivity contribution is -0.763. The molecule has 0 radical (unpaired) electrons. The molecule has 9 heteroatoms. The molecule has 1 aromatic carbocycles. The summed E-state index contributed by atoms with van der Waals surface area (Å²) in [6.07, 6.45) is 22.5. The highest BCUT2D eigenvalue weighted by atomic mass is 16.9. The van der Waals surface area contributed by atoms with Crippen LogP contribution in [0.25, 0.3) is 0 Å². The van der Waals surface area contributed by atoms with Crippen LogP contribution in [0.4, 0.5) is 0 Å². The van der Waals surface area contributed by atoms with Gasteiger partial charge in [0.15, 0.2) is 0 Å². The largest absolute Gasteiger partial charge is 0.425 e. The second-order valence-electron chi connectivity index (χ2n) is 10.6. The van der Waals surface area contributed by atoms with Crippen molar-refractivity contribution in [2.24, 2.45) is 5.92 Å². The number of aldehydes is 1. The topological polar surface area (TPSA) is 125 Å². The van der Waals surface area contributed by atoms with Crippen LogP contribution in [0.3, 0.4) is 0 Å². The first-order valence-corrected chi connectivity index (χ1v) is 15.6. The molecule has 1 saturated carbocycles. The number of ketones is 1. The monoisotopic (exact) mass is 590 g/mol. The minimum absolute atomic E-state index is 0.181. The lowest BCUT2D eigenvalue weighted by Gasteiger charge is -2.10. The van der Waals surface area contributed by atoms with E-state index in [1.807, 2.05) is 13.0 Å². The number of nitrogens with zero attached hydrogens (tertiary/aromatic N) is 1. The Morgan fingerprint density at radius 1 is 1.10 bits per heavy atom. The van der Waals surface area contributed by atoms with Crippen molar-refractivity contribution in [2.45, 2.75) is 130 Å². The minimum atomic E-state index is -0.873. The Morgan fingerprint density at radius 2 is 1.81 bits per heavy atom. The van der Waals surface area contributed by atoms with Crippen molar-refractivity contribution in [1.29, 1.82) is 0 Å². The summed E-state index contributed by atoms with van der Waals surface area (Å²) >= 11 is 0. The number of allylic oxidation sites excluding steroid dienone is 2. The SMILES string of the molecule is C/C=C\CCCC=O.CCCCCCCC(=O)CCC1CCCC1.CNC(C)C(=O)Oc1cccc(CO[N+](=O)[O-])c1. The van der Waals surface area contributed by atoms with Gasteiger partial charge < -0.3 is 19.7 Å². The Labute approximate surface area is 252 Å². The summed E-state index contributed by atoms with van der Waals surface area (Å²) in [4.78, 5) is 47.2. The maximum absolute atomic E-state index is 11.6. The fourth-order valence-corrected chi connectivity index (χ4v) is 4.35. The molecule has 0 aliphatic heterocycles. The van der Waals surface area contributed by atoms with Gasteiger partial charge in [0.2, 0.25) is 0 Å². The van der Waals surface area contributed by atoms with E-state index in [1.54, 1.807) is 32.2 Å². The van der Waals surface area contributed by atoms with Crippen molar-refractivity contribution in [3.8, 4) is 5.75 Å². The number of unbranched alkanes of at least 4 members (excludes halogenated alkanes) is 6. The predicted molar refractivity (Wildman–Crippen MR) is 167 cm³/mol. The van der Waals surface area contributed by atoms with Crippen LogP contribution in [0.1, 0.15) is 123 Å². The number of hydrogen-bond donors (Lipinski definition) is 1. The molecule has 1 unspecified atom stereocenters. The molecule has 42 heavy (non-hydrogen) atoms. The summed E-state index contributed by atoms with van der Waals surface area (Å²) in [5.41, 5.74) is 0.550. The molecule has 1 aliphatic rings. The summed E-state index contributed by atoms with van der Waals surface area (Å²) < 4.78 is 5.09. The van der Waals surface area contributed by atoms with E-state index in [2.05, 4.69) is 23.2 Å². The Bertz CT molecular complexity index is 898. The third kappa shape index (κ3) is 22.6. The van der Waals surface area contributed by atoms with E-state index in [-0.39, 0.29) is 6.61 Å². The molecule has 0 spiro atoms. The average molecular weight is 591 g/mol. The van der Waals surface area contributed by atoms with Crippen LogP contribution in [0.2, 0.25) is 0 Å². The number of carbonyl (C=O) groups excluding carboxylic acids is 3. The van der Waals surface area contributed by atoms with Gasteiger partial charge in [0.05, 0.1) is 0 Å². The van der Waals surface area contributed by atoms with E-state index in [0.29, 0.717) is 23.5 Å². The van der Waals surface area contributed by atoms with Gasteiger partial charge in [-0.25, -0.2) is 4.79 Å². The molecule has 0 heterocycles. The number of hydrogen-bond acceptors (Lipinski definition) is 8. The standard InChI is InChI=1S/C15H28O.C11H14N2O5.C7H12O/c1-2-3-4-5-6-11-15(16)13-12-14-9-7-8-10-14;1-8(12-2)11(14)18-10-5-3-4-9(6-10)7-17-13(15)16;1-2-3-4-5-6-7-8/h14H,2-13H2,1H3;3-6,8,12H,7H2,1-2H3;2-3,7H,4-6H2,1H3/b;;3-2-. The Morgan fingerprint density at radius 3 is 2.43 bits per heavy atom.